The predicted molar refractivity (Wildman–Crippen MR) is 104 cm³/mol. The second-order valence-corrected chi connectivity index (χ2v) is 6.30. The summed E-state index contributed by atoms with van der Waals surface area (Å²) in [5, 5.41) is 6.25. The van der Waals surface area contributed by atoms with E-state index in [0.29, 0.717) is 29.2 Å². The summed E-state index contributed by atoms with van der Waals surface area (Å²) < 4.78 is 0. The molecule has 0 aliphatic heterocycles. The Morgan fingerprint density at radius 1 is 0.815 bits per heavy atom. The second-order valence-electron chi connectivity index (χ2n) is 5.89. The summed E-state index contributed by atoms with van der Waals surface area (Å²) in [5.74, 6) is -0.508. The van der Waals surface area contributed by atoms with Crippen LogP contribution in [0, 0.1) is 0 Å². The lowest BCUT2D eigenvalue weighted by molar-refractivity contribution is 0.0950. The number of amides is 2. The molecule has 2 amide bonds. The van der Waals surface area contributed by atoms with E-state index >= 15 is 0 Å². The number of carbonyl (C=O) groups is 2. The molecule has 3 aromatic rings. The van der Waals surface area contributed by atoms with Crippen molar-refractivity contribution in [2.24, 2.45) is 0 Å². The van der Waals surface area contributed by atoms with Crippen LogP contribution in [-0.4, -0.2) is 16.8 Å². The predicted octanol–water partition coefficient (Wildman–Crippen LogP) is 3.60. The molecular formula is C21H18ClN3O2. The highest BCUT2D eigenvalue weighted by Gasteiger charge is 2.11. The Morgan fingerprint density at radius 2 is 1.44 bits per heavy atom. The largest absolute Gasteiger partial charge is 0.348 e. The Labute approximate surface area is 162 Å². The summed E-state index contributed by atoms with van der Waals surface area (Å²) in [6.45, 7) is 0.710. The molecule has 136 valence electrons. The van der Waals surface area contributed by atoms with Crippen LogP contribution in [0.3, 0.4) is 0 Å². The first-order chi connectivity index (χ1) is 13.1. The van der Waals surface area contributed by atoms with Crippen molar-refractivity contribution >= 4 is 23.4 Å². The molecular weight excluding hydrogens is 362 g/mol. The van der Waals surface area contributed by atoms with Crippen LogP contribution in [0.25, 0.3) is 0 Å². The van der Waals surface area contributed by atoms with Crippen molar-refractivity contribution in [2.45, 2.75) is 13.1 Å². The van der Waals surface area contributed by atoms with Gasteiger partial charge in [-0.05, 0) is 47.5 Å². The number of nitrogens with zero attached hydrogens (tertiary/aromatic N) is 1. The highest BCUT2D eigenvalue weighted by atomic mass is 35.5. The van der Waals surface area contributed by atoms with Crippen LogP contribution in [0.2, 0.25) is 5.02 Å². The van der Waals surface area contributed by atoms with E-state index in [9.17, 15) is 9.59 Å². The Kier molecular flexibility index (Phi) is 6.18. The lowest BCUT2D eigenvalue weighted by Crippen LogP contribution is -2.25. The minimum atomic E-state index is -0.265. The molecule has 0 fully saturated rings. The van der Waals surface area contributed by atoms with Gasteiger partial charge in [-0.1, -0.05) is 35.9 Å². The number of rotatable bonds is 6. The minimum absolute atomic E-state index is 0.243. The van der Waals surface area contributed by atoms with Gasteiger partial charge in [0.1, 0.15) is 0 Å². The number of halogens is 1. The SMILES string of the molecule is O=C(NCc1ccncc1)c1cccc(C(=O)NCc2ccccc2Cl)c1. The number of nitrogens with one attached hydrogen (secondary N) is 2. The van der Waals surface area contributed by atoms with Gasteiger partial charge in [0, 0.05) is 41.6 Å². The van der Waals surface area contributed by atoms with E-state index in [0.717, 1.165) is 11.1 Å². The number of carbonyl (C=O) groups excluding carboxylic acids is 2. The van der Waals surface area contributed by atoms with Crippen LogP contribution >= 0.6 is 11.6 Å². The van der Waals surface area contributed by atoms with Gasteiger partial charge in [-0.25, -0.2) is 0 Å². The zero-order chi connectivity index (χ0) is 19.1. The summed E-state index contributed by atoms with van der Waals surface area (Å²) in [5.41, 5.74) is 2.62. The quantitative estimate of drug-likeness (QED) is 0.687. The molecule has 6 heteroatoms. The maximum atomic E-state index is 12.4. The molecule has 2 N–H and O–H groups in total. The molecule has 0 unspecified atom stereocenters. The van der Waals surface area contributed by atoms with E-state index < -0.39 is 0 Å². The molecule has 0 aliphatic rings. The monoisotopic (exact) mass is 379 g/mol. The van der Waals surface area contributed by atoms with E-state index in [4.69, 9.17) is 11.6 Å². The molecule has 27 heavy (non-hydrogen) atoms. The maximum absolute atomic E-state index is 12.4. The first kappa shape index (κ1) is 18.6. The van der Waals surface area contributed by atoms with Gasteiger partial charge in [-0.3, -0.25) is 14.6 Å². The summed E-state index contributed by atoms with van der Waals surface area (Å²) in [7, 11) is 0. The Balaban J connectivity index is 1.61. The molecule has 0 saturated carbocycles. The summed E-state index contributed by atoms with van der Waals surface area (Å²) in [6, 6.07) is 17.6. The molecule has 0 bridgehead atoms. The lowest BCUT2D eigenvalue weighted by atomic mass is 10.1. The number of hydrogen-bond donors (Lipinski definition) is 2. The molecule has 3 rings (SSSR count). The smallest absolute Gasteiger partial charge is 0.251 e. The number of aromatic nitrogens is 1. The minimum Gasteiger partial charge on any atom is -0.348 e. The van der Waals surface area contributed by atoms with Gasteiger partial charge >= 0.3 is 0 Å². The van der Waals surface area contributed by atoms with E-state index in [2.05, 4.69) is 15.6 Å². The molecule has 0 aliphatic carbocycles. The average Bonchev–Trinajstić information content (AvgIpc) is 2.72. The standard InChI is InChI=1S/C21H18ClN3O2/c22-19-7-2-1-4-18(19)14-25-21(27)17-6-3-5-16(12-17)20(26)24-13-15-8-10-23-11-9-15/h1-12H,13-14H2,(H,24,26)(H,25,27). The van der Waals surface area contributed by atoms with Crippen molar-refractivity contribution in [1.82, 2.24) is 15.6 Å². The van der Waals surface area contributed by atoms with Gasteiger partial charge in [0.2, 0.25) is 0 Å². The molecule has 0 radical (unpaired) electrons. The van der Waals surface area contributed by atoms with Gasteiger partial charge in [-0.15, -0.1) is 0 Å². The molecule has 0 atom stereocenters. The van der Waals surface area contributed by atoms with Crippen LogP contribution in [0.4, 0.5) is 0 Å². The molecule has 1 aromatic heterocycles. The van der Waals surface area contributed by atoms with E-state index in [1.54, 1.807) is 42.7 Å². The molecule has 1 heterocycles. The van der Waals surface area contributed by atoms with Crippen LogP contribution < -0.4 is 10.6 Å². The molecule has 0 saturated heterocycles. The van der Waals surface area contributed by atoms with E-state index in [1.165, 1.54) is 0 Å². The molecule has 5 nitrogen and oxygen atoms in total. The number of pyridine rings is 1. The topological polar surface area (TPSA) is 71.1 Å². The van der Waals surface area contributed by atoms with Crippen molar-refractivity contribution in [3.8, 4) is 0 Å². The summed E-state index contributed by atoms with van der Waals surface area (Å²) in [6.07, 6.45) is 3.34. The third-order valence-corrected chi connectivity index (χ3v) is 4.36. The Hall–Kier alpha value is -3.18. The van der Waals surface area contributed by atoms with E-state index in [-0.39, 0.29) is 11.8 Å². The van der Waals surface area contributed by atoms with Gasteiger partial charge in [0.15, 0.2) is 0 Å². The second kappa shape index (κ2) is 8.96. The fourth-order valence-corrected chi connectivity index (χ4v) is 2.71. The molecule has 0 spiro atoms. The third-order valence-electron chi connectivity index (χ3n) is 3.99. The third kappa shape index (κ3) is 5.15. The van der Waals surface area contributed by atoms with Crippen LogP contribution in [0.15, 0.2) is 73.1 Å². The van der Waals surface area contributed by atoms with Crippen molar-refractivity contribution in [2.75, 3.05) is 0 Å². The number of hydrogen-bond acceptors (Lipinski definition) is 3. The fourth-order valence-electron chi connectivity index (χ4n) is 2.51. The van der Waals surface area contributed by atoms with Gasteiger partial charge in [0.05, 0.1) is 0 Å². The normalized spacial score (nSPS) is 10.3. The van der Waals surface area contributed by atoms with Gasteiger partial charge in [-0.2, -0.15) is 0 Å². The van der Waals surface area contributed by atoms with Gasteiger partial charge in [0.25, 0.3) is 11.8 Å². The average molecular weight is 380 g/mol. The fraction of sp³-hybridized carbons (Fsp3) is 0.0952. The van der Waals surface area contributed by atoms with Crippen LogP contribution in [0.5, 0.6) is 0 Å². The number of benzene rings is 2. The van der Waals surface area contributed by atoms with Crippen LogP contribution in [0.1, 0.15) is 31.8 Å². The summed E-state index contributed by atoms with van der Waals surface area (Å²) >= 11 is 6.10. The highest BCUT2D eigenvalue weighted by Crippen LogP contribution is 2.14. The Morgan fingerprint density at radius 3 is 2.11 bits per heavy atom. The van der Waals surface area contributed by atoms with Crippen molar-refractivity contribution in [1.29, 1.82) is 0 Å². The van der Waals surface area contributed by atoms with Crippen molar-refractivity contribution in [3.63, 3.8) is 0 Å². The zero-order valence-electron chi connectivity index (χ0n) is 14.5. The van der Waals surface area contributed by atoms with Crippen molar-refractivity contribution in [3.05, 3.63) is 100 Å². The highest BCUT2D eigenvalue weighted by molar-refractivity contribution is 6.31. The lowest BCUT2D eigenvalue weighted by Gasteiger charge is -2.09. The van der Waals surface area contributed by atoms with Crippen LogP contribution in [-0.2, 0) is 13.1 Å². The van der Waals surface area contributed by atoms with Crippen molar-refractivity contribution < 1.29 is 9.59 Å². The Bertz CT molecular complexity index is 945. The van der Waals surface area contributed by atoms with Gasteiger partial charge < -0.3 is 10.6 Å². The molecule has 2 aromatic carbocycles. The first-order valence-corrected chi connectivity index (χ1v) is 8.80. The summed E-state index contributed by atoms with van der Waals surface area (Å²) in [4.78, 5) is 28.7. The zero-order valence-corrected chi connectivity index (χ0v) is 15.2. The first-order valence-electron chi connectivity index (χ1n) is 8.42. The maximum Gasteiger partial charge on any atom is 0.251 e. The van der Waals surface area contributed by atoms with E-state index in [1.807, 2.05) is 30.3 Å².